The molecule has 9 heteroatoms. The monoisotopic (exact) mass is 641 g/mol. The van der Waals surface area contributed by atoms with Gasteiger partial charge in [0.05, 0.1) is 17.3 Å². The van der Waals surface area contributed by atoms with Crippen molar-refractivity contribution in [1.82, 2.24) is 19.8 Å². The minimum absolute atomic E-state index is 0.0665. The predicted octanol–water partition coefficient (Wildman–Crippen LogP) is 10.6. The second-order valence-corrected chi connectivity index (χ2v) is 13.1. The van der Waals surface area contributed by atoms with Crippen LogP contribution < -0.4 is 4.90 Å². The van der Waals surface area contributed by atoms with E-state index in [0.717, 1.165) is 25.0 Å². The van der Waals surface area contributed by atoms with Crippen LogP contribution in [0.4, 0.5) is 5.69 Å². The Hall–Kier alpha value is -2.87. The Kier molecular flexibility index (Phi) is 16.5. The van der Waals surface area contributed by atoms with E-state index in [9.17, 15) is 14.7 Å². The van der Waals surface area contributed by atoms with Crippen LogP contribution in [-0.4, -0.2) is 36.8 Å². The summed E-state index contributed by atoms with van der Waals surface area (Å²) < 4.78 is 1.70. The number of aromatic amines is 1. The lowest BCUT2D eigenvalue weighted by atomic mass is 10.0. The van der Waals surface area contributed by atoms with Gasteiger partial charge in [-0.3, -0.25) is 9.89 Å². The number of hydrogen-bond acceptors (Lipinski definition) is 4. The molecule has 2 aromatic heterocycles. The molecule has 45 heavy (non-hydrogen) atoms. The lowest BCUT2D eigenvalue weighted by molar-refractivity contribution is -0.119. The van der Waals surface area contributed by atoms with E-state index in [1.807, 2.05) is 13.8 Å². The van der Waals surface area contributed by atoms with Gasteiger partial charge in [-0.25, -0.2) is 9.31 Å². The van der Waals surface area contributed by atoms with Gasteiger partial charge < -0.3 is 10.0 Å². The van der Waals surface area contributed by atoms with Gasteiger partial charge in [0, 0.05) is 12.1 Å². The van der Waals surface area contributed by atoms with E-state index in [2.05, 4.69) is 22.2 Å². The zero-order valence-corrected chi connectivity index (χ0v) is 28.7. The number of carbonyl (C=O) groups is 2. The molecule has 0 bridgehead atoms. The highest BCUT2D eigenvalue weighted by atomic mass is 35.5. The van der Waals surface area contributed by atoms with Crippen molar-refractivity contribution in [2.24, 2.45) is 0 Å². The molecule has 0 saturated heterocycles. The zero-order valence-electron chi connectivity index (χ0n) is 28.0. The number of anilines is 1. The van der Waals surface area contributed by atoms with Crippen molar-refractivity contribution >= 4 is 34.8 Å². The van der Waals surface area contributed by atoms with Crippen molar-refractivity contribution in [3.8, 4) is 0 Å². The molecule has 3 rings (SSSR count). The number of aromatic carboxylic acids is 1. The van der Waals surface area contributed by atoms with Crippen molar-refractivity contribution in [3.05, 3.63) is 46.4 Å². The van der Waals surface area contributed by atoms with Crippen molar-refractivity contribution in [1.29, 1.82) is 0 Å². The number of unbranched alkanes of at least 4 members (excludes halogenated alkanes) is 18. The first-order chi connectivity index (χ1) is 21.8. The Labute approximate surface area is 275 Å². The number of carboxylic acids is 1. The average Bonchev–Trinajstić information content (AvgIpc) is 3.57. The van der Waals surface area contributed by atoms with Crippen LogP contribution in [0.5, 0.6) is 0 Å². The molecule has 1 atom stereocenters. The molecule has 0 aliphatic heterocycles. The van der Waals surface area contributed by atoms with Crippen molar-refractivity contribution in [2.45, 2.75) is 155 Å². The smallest absolute Gasteiger partial charge is 0.335 e. The Morgan fingerprint density at radius 2 is 1.36 bits per heavy atom. The molecule has 2 N–H and O–H groups in total. The first-order valence-electron chi connectivity index (χ1n) is 17.6. The minimum atomic E-state index is -1.03. The number of nitrogens with one attached hydrogen (secondary N) is 1. The van der Waals surface area contributed by atoms with Gasteiger partial charge >= 0.3 is 5.97 Å². The molecule has 0 spiro atoms. The molecular weight excluding hydrogens is 586 g/mol. The maximum absolute atomic E-state index is 13.6. The largest absolute Gasteiger partial charge is 0.478 e. The van der Waals surface area contributed by atoms with Gasteiger partial charge in [-0.15, -0.1) is 10.2 Å². The van der Waals surface area contributed by atoms with Crippen LogP contribution in [-0.2, 0) is 4.79 Å². The van der Waals surface area contributed by atoms with E-state index in [1.54, 1.807) is 27.6 Å². The predicted molar refractivity (Wildman–Crippen MR) is 184 cm³/mol. The van der Waals surface area contributed by atoms with E-state index < -0.39 is 12.0 Å². The third-order valence-corrected chi connectivity index (χ3v) is 9.34. The molecule has 8 nitrogen and oxygen atoms in total. The SMILES string of the molecule is CCCCCCCCCCCCCCCCCCCCCC(=O)N(c1cccc(C(=O)O)c1)C(C)c1nnc2c(Cl)c(C)[nH]n12. The molecule has 1 aromatic carbocycles. The molecule has 250 valence electrons. The molecule has 3 aromatic rings. The Bertz CT molecular complexity index is 1300. The number of carboxylic acid groups (broad SMARTS) is 1. The summed E-state index contributed by atoms with van der Waals surface area (Å²) in [5, 5.41) is 21.7. The number of H-pyrrole nitrogens is 1. The highest BCUT2D eigenvalue weighted by molar-refractivity contribution is 6.34. The van der Waals surface area contributed by atoms with Gasteiger partial charge in [-0.2, -0.15) is 0 Å². The summed E-state index contributed by atoms with van der Waals surface area (Å²) >= 11 is 6.37. The van der Waals surface area contributed by atoms with Gasteiger partial charge in [0.15, 0.2) is 11.5 Å². The highest BCUT2D eigenvalue weighted by Crippen LogP contribution is 2.30. The van der Waals surface area contributed by atoms with Crippen molar-refractivity contribution in [2.75, 3.05) is 4.90 Å². The zero-order chi connectivity index (χ0) is 32.4. The number of rotatable bonds is 24. The summed E-state index contributed by atoms with van der Waals surface area (Å²) in [6.07, 6.45) is 25.2. The lowest BCUT2D eigenvalue weighted by Crippen LogP contribution is -2.34. The normalized spacial score (nSPS) is 12.2. The van der Waals surface area contributed by atoms with Crippen LogP contribution in [0, 0.1) is 6.92 Å². The number of halogens is 1. The number of carbonyl (C=O) groups excluding carboxylic acids is 1. The number of fused-ring (bicyclic) bond motifs is 1. The van der Waals surface area contributed by atoms with Crippen LogP contribution in [0.1, 0.15) is 170 Å². The van der Waals surface area contributed by atoms with E-state index in [1.165, 1.54) is 109 Å². The molecule has 0 fully saturated rings. The van der Waals surface area contributed by atoms with Crippen LogP contribution in [0.2, 0.25) is 5.02 Å². The summed E-state index contributed by atoms with van der Waals surface area (Å²) in [4.78, 5) is 26.9. The lowest BCUT2D eigenvalue weighted by Gasteiger charge is -2.28. The highest BCUT2D eigenvalue weighted by Gasteiger charge is 2.28. The molecule has 0 saturated carbocycles. The van der Waals surface area contributed by atoms with Gasteiger partial charge in [0.2, 0.25) is 5.91 Å². The number of benzene rings is 1. The Morgan fingerprint density at radius 1 is 0.844 bits per heavy atom. The van der Waals surface area contributed by atoms with E-state index in [4.69, 9.17) is 11.6 Å². The molecule has 2 heterocycles. The maximum Gasteiger partial charge on any atom is 0.335 e. The Morgan fingerprint density at radius 3 is 1.87 bits per heavy atom. The fraction of sp³-hybridized carbons (Fsp3) is 0.667. The van der Waals surface area contributed by atoms with Gasteiger partial charge in [-0.1, -0.05) is 140 Å². The van der Waals surface area contributed by atoms with E-state index >= 15 is 0 Å². The fourth-order valence-corrected chi connectivity index (χ4v) is 6.33. The average molecular weight is 642 g/mol. The first-order valence-corrected chi connectivity index (χ1v) is 18.0. The van der Waals surface area contributed by atoms with Crippen LogP contribution in [0.15, 0.2) is 24.3 Å². The second-order valence-electron chi connectivity index (χ2n) is 12.7. The summed E-state index contributed by atoms with van der Waals surface area (Å²) in [6, 6.07) is 6.01. The standard InChI is InChI=1S/C36H56ClN5O3/c1-4-5-6-7-8-9-10-11-12-13-14-15-16-17-18-19-20-21-22-26-32(43)41(31-25-23-24-30(27-31)36(44)45)29(3)34-38-39-35-33(37)28(2)40-42(34)35/h23-25,27,29,40H,4-22,26H2,1-3H3,(H,44,45). The van der Waals surface area contributed by atoms with Gasteiger partial charge in [-0.05, 0) is 38.5 Å². The molecule has 0 aliphatic carbocycles. The van der Waals surface area contributed by atoms with E-state index in [-0.39, 0.29) is 11.5 Å². The third-order valence-electron chi connectivity index (χ3n) is 8.89. The molecule has 1 unspecified atom stereocenters. The number of amides is 1. The maximum atomic E-state index is 13.6. The summed E-state index contributed by atoms with van der Waals surface area (Å²) in [5.74, 6) is -0.572. The van der Waals surface area contributed by atoms with Crippen molar-refractivity contribution < 1.29 is 14.7 Å². The second kappa shape index (κ2) is 20.3. The molecular formula is C36H56ClN5O3. The topological polar surface area (TPSA) is 104 Å². The van der Waals surface area contributed by atoms with Crippen molar-refractivity contribution in [3.63, 3.8) is 0 Å². The minimum Gasteiger partial charge on any atom is -0.478 e. The number of aryl methyl sites for hydroxylation is 1. The van der Waals surface area contributed by atoms with Gasteiger partial charge in [0.1, 0.15) is 5.02 Å². The summed E-state index contributed by atoms with van der Waals surface area (Å²) in [7, 11) is 0. The van der Waals surface area contributed by atoms with Crippen LogP contribution >= 0.6 is 11.6 Å². The third kappa shape index (κ3) is 11.8. The molecule has 0 radical (unpaired) electrons. The Balaban J connectivity index is 1.35. The number of aromatic nitrogens is 4. The number of hydrogen-bond donors (Lipinski definition) is 2. The quantitative estimate of drug-likeness (QED) is 0.0947. The summed E-state index contributed by atoms with van der Waals surface area (Å²) in [6.45, 7) is 6.01. The van der Waals surface area contributed by atoms with Crippen LogP contribution in [0.25, 0.3) is 5.65 Å². The van der Waals surface area contributed by atoms with E-state index in [0.29, 0.717) is 28.6 Å². The fourth-order valence-electron chi connectivity index (χ4n) is 6.17. The molecule has 0 aliphatic rings. The van der Waals surface area contributed by atoms with Crippen LogP contribution in [0.3, 0.4) is 0 Å². The first kappa shape index (κ1) is 36.6. The summed E-state index contributed by atoms with van der Waals surface area (Å²) in [5.41, 5.74) is 1.92. The molecule has 1 amide bonds. The van der Waals surface area contributed by atoms with Gasteiger partial charge in [0.25, 0.3) is 0 Å². The number of nitrogens with zero attached hydrogens (tertiary/aromatic N) is 4.